The Kier molecular flexibility index (Phi) is 1.02. The van der Waals surface area contributed by atoms with Gasteiger partial charge >= 0.3 is 5.97 Å². The Bertz CT molecular complexity index is 131. The topological polar surface area (TPSA) is 63.6 Å². The fraction of sp³-hybridized carbons (Fsp3) is 0.500. The lowest BCUT2D eigenvalue weighted by Gasteiger charge is -2.19. The van der Waals surface area contributed by atoms with Crippen LogP contribution in [0.1, 0.15) is 0 Å². The number of hydrogen-bond donors (Lipinski definition) is 1. The number of Topliss-reactive ketones (excluding diaryl/α,β-unsaturated/α-hetero) is 1. The number of hydrogen-bond acceptors (Lipinski definition) is 3. The van der Waals surface area contributed by atoms with E-state index in [0.29, 0.717) is 0 Å². The molecule has 0 saturated carbocycles. The van der Waals surface area contributed by atoms with Gasteiger partial charge in [-0.2, -0.15) is 0 Å². The van der Waals surface area contributed by atoms with Crippen LogP contribution in [0, 0.1) is 0 Å². The van der Waals surface area contributed by atoms with E-state index in [1.54, 1.807) is 0 Å². The summed E-state index contributed by atoms with van der Waals surface area (Å²) in [5.41, 5.74) is 0. The lowest BCUT2D eigenvalue weighted by atomic mass is 10.2. The average molecular weight is 116 g/mol. The molecule has 4 heteroatoms. The third-order valence-electron chi connectivity index (χ3n) is 0.909. The van der Waals surface area contributed by atoms with Gasteiger partial charge in [-0.15, -0.1) is 0 Å². The van der Waals surface area contributed by atoms with Gasteiger partial charge in [-0.25, -0.2) is 4.79 Å². The van der Waals surface area contributed by atoms with Gasteiger partial charge in [-0.05, 0) is 0 Å². The number of rotatable bonds is 1. The smallest absolute Gasteiger partial charge is 0.340 e. The molecule has 0 aromatic carbocycles. The fourth-order valence-corrected chi connectivity index (χ4v) is 0.444. The first-order valence-corrected chi connectivity index (χ1v) is 2.09. The van der Waals surface area contributed by atoms with Gasteiger partial charge in [-0.1, -0.05) is 0 Å². The summed E-state index contributed by atoms with van der Waals surface area (Å²) in [5.74, 6) is -1.54. The molecule has 8 heavy (non-hydrogen) atoms. The molecule has 1 heterocycles. The summed E-state index contributed by atoms with van der Waals surface area (Å²) in [6, 6.07) is 0. The standard InChI is InChI=1S/C4H4O4/c5-2-1-8-3(2)4(6)7/h3H,1H2,(H,6,7). The lowest BCUT2D eigenvalue weighted by Crippen LogP contribution is -2.45. The molecular weight excluding hydrogens is 112 g/mol. The molecule has 4 nitrogen and oxygen atoms in total. The van der Waals surface area contributed by atoms with E-state index in [4.69, 9.17) is 5.11 Å². The van der Waals surface area contributed by atoms with E-state index in [2.05, 4.69) is 4.74 Å². The minimum Gasteiger partial charge on any atom is -0.479 e. The Hall–Kier alpha value is -0.900. The van der Waals surface area contributed by atoms with Gasteiger partial charge in [0, 0.05) is 0 Å². The number of carboxylic acid groups (broad SMARTS) is 1. The lowest BCUT2D eigenvalue weighted by molar-refractivity contribution is -0.172. The maximum Gasteiger partial charge on any atom is 0.340 e. The number of carbonyl (C=O) groups excluding carboxylic acids is 1. The largest absolute Gasteiger partial charge is 0.479 e. The van der Waals surface area contributed by atoms with Crippen molar-refractivity contribution in [2.24, 2.45) is 0 Å². The summed E-state index contributed by atoms with van der Waals surface area (Å²) in [4.78, 5) is 20.0. The van der Waals surface area contributed by atoms with Gasteiger partial charge in [0.15, 0.2) is 5.78 Å². The zero-order valence-electron chi connectivity index (χ0n) is 3.96. The highest BCUT2D eigenvalue weighted by atomic mass is 16.5. The van der Waals surface area contributed by atoms with Crippen molar-refractivity contribution in [2.75, 3.05) is 6.61 Å². The number of aliphatic carboxylic acids is 1. The quantitative estimate of drug-likeness (QED) is 0.448. The minimum atomic E-state index is -1.19. The van der Waals surface area contributed by atoms with Crippen LogP contribution in [0.15, 0.2) is 0 Å². The summed E-state index contributed by atoms with van der Waals surface area (Å²) < 4.78 is 4.36. The average Bonchev–Trinajstić information content (AvgIpc) is 1.61. The molecule has 1 rings (SSSR count). The summed E-state index contributed by atoms with van der Waals surface area (Å²) in [5, 5.41) is 8.06. The highest BCUT2D eigenvalue weighted by Crippen LogP contribution is 2.05. The summed E-state index contributed by atoms with van der Waals surface area (Å²) >= 11 is 0. The summed E-state index contributed by atoms with van der Waals surface area (Å²) in [6.45, 7) is -0.0447. The molecule has 1 atom stereocenters. The molecule has 1 aliphatic rings. The first-order chi connectivity index (χ1) is 3.72. The molecule has 0 amide bonds. The highest BCUT2D eigenvalue weighted by molar-refractivity contribution is 6.05. The van der Waals surface area contributed by atoms with Crippen molar-refractivity contribution in [3.05, 3.63) is 0 Å². The van der Waals surface area contributed by atoms with Gasteiger partial charge in [0.25, 0.3) is 0 Å². The van der Waals surface area contributed by atoms with Crippen LogP contribution in [-0.4, -0.2) is 29.6 Å². The third kappa shape index (κ3) is 0.586. The molecule has 1 N–H and O–H groups in total. The zero-order chi connectivity index (χ0) is 6.15. The highest BCUT2D eigenvalue weighted by Gasteiger charge is 2.35. The van der Waals surface area contributed by atoms with E-state index in [0.717, 1.165) is 0 Å². The Morgan fingerprint density at radius 1 is 1.88 bits per heavy atom. The molecule has 0 spiro atoms. The minimum absolute atomic E-state index is 0.0447. The van der Waals surface area contributed by atoms with Crippen LogP contribution in [-0.2, 0) is 14.3 Å². The molecule has 1 unspecified atom stereocenters. The Balaban J connectivity index is 2.49. The fourth-order valence-electron chi connectivity index (χ4n) is 0.444. The first kappa shape index (κ1) is 5.24. The predicted octanol–water partition coefficient (Wildman–Crippen LogP) is -0.961. The molecule has 1 aliphatic heterocycles. The van der Waals surface area contributed by atoms with Crippen molar-refractivity contribution in [1.29, 1.82) is 0 Å². The van der Waals surface area contributed by atoms with Crippen molar-refractivity contribution in [3.63, 3.8) is 0 Å². The third-order valence-corrected chi connectivity index (χ3v) is 0.909. The number of ether oxygens (including phenoxy) is 1. The number of carbonyl (C=O) groups is 2. The summed E-state index contributed by atoms with van der Waals surface area (Å²) in [7, 11) is 0. The molecule has 0 aromatic heterocycles. The van der Waals surface area contributed by atoms with Crippen LogP contribution < -0.4 is 0 Å². The van der Waals surface area contributed by atoms with Crippen LogP contribution in [0.4, 0.5) is 0 Å². The zero-order valence-corrected chi connectivity index (χ0v) is 3.96. The monoisotopic (exact) mass is 116 g/mol. The van der Waals surface area contributed by atoms with Crippen LogP contribution in [0.25, 0.3) is 0 Å². The Labute approximate surface area is 45.1 Å². The first-order valence-electron chi connectivity index (χ1n) is 2.09. The van der Waals surface area contributed by atoms with E-state index in [1.165, 1.54) is 0 Å². The van der Waals surface area contributed by atoms with Gasteiger partial charge in [-0.3, -0.25) is 4.79 Å². The number of carboxylic acids is 1. The second-order valence-electron chi connectivity index (χ2n) is 1.50. The Morgan fingerprint density at radius 2 is 2.50 bits per heavy atom. The molecule has 0 aliphatic carbocycles. The van der Waals surface area contributed by atoms with E-state index in [9.17, 15) is 9.59 Å². The number of ketones is 1. The van der Waals surface area contributed by atoms with Crippen LogP contribution >= 0.6 is 0 Å². The maximum absolute atomic E-state index is 10.2. The van der Waals surface area contributed by atoms with E-state index >= 15 is 0 Å². The van der Waals surface area contributed by atoms with E-state index in [1.807, 2.05) is 0 Å². The van der Waals surface area contributed by atoms with Crippen LogP contribution in [0.3, 0.4) is 0 Å². The normalized spacial score (nSPS) is 27.0. The van der Waals surface area contributed by atoms with Crippen molar-refractivity contribution in [1.82, 2.24) is 0 Å². The molecule has 44 valence electrons. The predicted molar refractivity (Wildman–Crippen MR) is 22.4 cm³/mol. The van der Waals surface area contributed by atoms with E-state index in [-0.39, 0.29) is 12.4 Å². The van der Waals surface area contributed by atoms with Crippen molar-refractivity contribution < 1.29 is 19.4 Å². The molecule has 0 radical (unpaired) electrons. The molecule has 0 aromatic rings. The van der Waals surface area contributed by atoms with Crippen molar-refractivity contribution in [3.8, 4) is 0 Å². The van der Waals surface area contributed by atoms with Crippen molar-refractivity contribution in [2.45, 2.75) is 6.10 Å². The second-order valence-corrected chi connectivity index (χ2v) is 1.50. The van der Waals surface area contributed by atoms with Gasteiger partial charge in [0.1, 0.15) is 6.61 Å². The van der Waals surface area contributed by atoms with E-state index < -0.39 is 12.1 Å². The van der Waals surface area contributed by atoms with Crippen LogP contribution in [0.5, 0.6) is 0 Å². The van der Waals surface area contributed by atoms with Gasteiger partial charge < -0.3 is 9.84 Å². The molecular formula is C4H4O4. The van der Waals surface area contributed by atoms with Crippen molar-refractivity contribution >= 4 is 11.8 Å². The van der Waals surface area contributed by atoms with Gasteiger partial charge in [0.05, 0.1) is 0 Å². The maximum atomic E-state index is 10.2. The SMILES string of the molecule is O=C(O)C1OCC1=O. The molecule has 0 bridgehead atoms. The van der Waals surface area contributed by atoms with Gasteiger partial charge in [0.2, 0.25) is 6.10 Å². The van der Waals surface area contributed by atoms with Crippen LogP contribution in [0.2, 0.25) is 0 Å². The summed E-state index contributed by atoms with van der Waals surface area (Å²) in [6.07, 6.45) is -1.17. The molecule has 1 saturated heterocycles. The second kappa shape index (κ2) is 1.56. The Morgan fingerprint density at radius 3 is 2.50 bits per heavy atom. The molecule has 1 fully saturated rings.